The highest BCUT2D eigenvalue weighted by atomic mass is 35.5. The van der Waals surface area contributed by atoms with Gasteiger partial charge in [0.1, 0.15) is 0 Å². The normalized spacial score (nSPS) is 11.6. The zero-order valence-corrected chi connectivity index (χ0v) is 17.5. The first-order valence-corrected chi connectivity index (χ1v) is 9.89. The summed E-state index contributed by atoms with van der Waals surface area (Å²) in [5.41, 5.74) is 2.41. The molecule has 0 spiro atoms. The molecule has 0 bridgehead atoms. The number of benzene rings is 2. The summed E-state index contributed by atoms with van der Waals surface area (Å²) in [6, 6.07) is 15.0. The number of halogens is 2. The minimum Gasteiger partial charge on any atom is -0.392 e. The zero-order chi connectivity index (χ0) is 21.7. The van der Waals surface area contributed by atoms with Gasteiger partial charge in [-0.15, -0.1) is 0 Å². The number of aliphatic hydroxyl groups is 1. The van der Waals surface area contributed by atoms with E-state index in [2.05, 4.69) is 15.6 Å². The van der Waals surface area contributed by atoms with Gasteiger partial charge in [0.05, 0.1) is 27.4 Å². The summed E-state index contributed by atoms with van der Waals surface area (Å²) >= 11 is 12.5. The predicted molar refractivity (Wildman–Crippen MR) is 118 cm³/mol. The van der Waals surface area contributed by atoms with E-state index in [-0.39, 0.29) is 23.0 Å². The van der Waals surface area contributed by atoms with Gasteiger partial charge in [-0.05, 0) is 55.5 Å². The van der Waals surface area contributed by atoms with E-state index in [1.165, 1.54) is 18.2 Å². The second-order valence-electron chi connectivity index (χ2n) is 6.62. The van der Waals surface area contributed by atoms with Crippen molar-refractivity contribution in [1.29, 1.82) is 0 Å². The van der Waals surface area contributed by atoms with Crippen LogP contribution in [-0.4, -0.2) is 34.6 Å². The van der Waals surface area contributed by atoms with Gasteiger partial charge in [0.2, 0.25) is 0 Å². The highest BCUT2D eigenvalue weighted by Crippen LogP contribution is 2.29. The Balaban J connectivity index is 1.77. The summed E-state index contributed by atoms with van der Waals surface area (Å²) < 4.78 is 0. The molecule has 0 aliphatic heterocycles. The lowest BCUT2D eigenvalue weighted by Crippen LogP contribution is -2.30. The lowest BCUT2D eigenvalue weighted by Gasteiger charge is -2.11. The molecule has 1 atom stereocenters. The molecule has 0 saturated carbocycles. The second kappa shape index (κ2) is 9.71. The summed E-state index contributed by atoms with van der Waals surface area (Å²) in [5, 5.41) is 15.3. The Morgan fingerprint density at radius 3 is 2.50 bits per heavy atom. The number of aromatic nitrogens is 1. The van der Waals surface area contributed by atoms with Crippen LogP contribution in [0.1, 0.15) is 27.6 Å². The maximum absolute atomic E-state index is 12.7. The molecule has 0 fully saturated rings. The van der Waals surface area contributed by atoms with E-state index in [0.29, 0.717) is 27.5 Å². The van der Waals surface area contributed by atoms with E-state index in [4.69, 9.17) is 23.2 Å². The largest absolute Gasteiger partial charge is 0.392 e. The molecule has 8 heteroatoms. The van der Waals surface area contributed by atoms with Crippen molar-refractivity contribution in [2.75, 3.05) is 11.9 Å². The fourth-order valence-electron chi connectivity index (χ4n) is 2.70. The van der Waals surface area contributed by atoms with Crippen LogP contribution in [0.25, 0.3) is 11.3 Å². The summed E-state index contributed by atoms with van der Waals surface area (Å²) in [6.45, 7) is 1.69. The highest BCUT2D eigenvalue weighted by Gasteiger charge is 2.15. The molecule has 0 unspecified atom stereocenters. The van der Waals surface area contributed by atoms with Crippen molar-refractivity contribution in [2.24, 2.45) is 0 Å². The first kappa shape index (κ1) is 21.8. The van der Waals surface area contributed by atoms with Gasteiger partial charge in [-0.3, -0.25) is 14.6 Å². The van der Waals surface area contributed by atoms with E-state index in [1.54, 1.807) is 37.4 Å². The van der Waals surface area contributed by atoms with Crippen LogP contribution in [0.5, 0.6) is 0 Å². The third kappa shape index (κ3) is 5.36. The molecule has 3 aromatic rings. The van der Waals surface area contributed by atoms with Crippen molar-refractivity contribution >= 4 is 40.7 Å². The maximum atomic E-state index is 12.7. The molecule has 2 amide bonds. The third-order valence-corrected chi connectivity index (χ3v) is 4.84. The molecule has 1 heterocycles. The van der Waals surface area contributed by atoms with Crippen LogP contribution in [0, 0.1) is 0 Å². The number of hydrogen-bond donors (Lipinski definition) is 3. The van der Waals surface area contributed by atoms with Gasteiger partial charge < -0.3 is 15.7 Å². The lowest BCUT2D eigenvalue weighted by atomic mass is 10.1. The summed E-state index contributed by atoms with van der Waals surface area (Å²) in [6.07, 6.45) is 1.00. The van der Waals surface area contributed by atoms with Crippen LogP contribution in [0.3, 0.4) is 0 Å². The smallest absolute Gasteiger partial charge is 0.257 e. The standard InChI is InChI=1S/C22H19Cl2N3O3/c1-13(28)12-26-21(29)14-5-7-16(19(24)10-14)22(30)27-15-6-8-18(23)17(11-15)20-4-2-3-9-25-20/h2-11,13,28H,12H2,1H3,(H,26,29)(H,27,30)/t13-/m1/s1. The Morgan fingerprint density at radius 2 is 1.83 bits per heavy atom. The summed E-state index contributed by atoms with van der Waals surface area (Å²) in [7, 11) is 0. The highest BCUT2D eigenvalue weighted by molar-refractivity contribution is 6.35. The number of carbonyl (C=O) groups excluding carboxylic acids is 2. The first-order valence-electron chi connectivity index (χ1n) is 9.13. The molecule has 30 heavy (non-hydrogen) atoms. The van der Waals surface area contributed by atoms with Crippen LogP contribution in [-0.2, 0) is 0 Å². The minimum atomic E-state index is -0.662. The van der Waals surface area contributed by atoms with Crippen LogP contribution in [0.15, 0.2) is 60.8 Å². The van der Waals surface area contributed by atoms with E-state index in [1.807, 2.05) is 12.1 Å². The van der Waals surface area contributed by atoms with E-state index >= 15 is 0 Å². The van der Waals surface area contributed by atoms with Crippen molar-refractivity contribution in [3.05, 3.63) is 82.0 Å². The second-order valence-corrected chi connectivity index (χ2v) is 7.43. The third-order valence-electron chi connectivity index (χ3n) is 4.20. The molecule has 1 aromatic heterocycles. The predicted octanol–water partition coefficient (Wildman–Crippen LogP) is 4.42. The molecule has 2 aromatic carbocycles. The SMILES string of the molecule is C[C@@H](O)CNC(=O)c1ccc(C(=O)Nc2ccc(Cl)c(-c3ccccn3)c2)c(Cl)c1. The van der Waals surface area contributed by atoms with Gasteiger partial charge in [0, 0.05) is 29.6 Å². The van der Waals surface area contributed by atoms with Gasteiger partial charge in [0.25, 0.3) is 11.8 Å². The number of pyridine rings is 1. The Bertz CT molecular complexity index is 1070. The summed E-state index contributed by atoms with van der Waals surface area (Å²) in [5.74, 6) is -0.812. The lowest BCUT2D eigenvalue weighted by molar-refractivity contribution is 0.0923. The van der Waals surface area contributed by atoms with Crippen molar-refractivity contribution in [1.82, 2.24) is 10.3 Å². The Labute approximate surface area is 183 Å². The maximum Gasteiger partial charge on any atom is 0.257 e. The van der Waals surface area contributed by atoms with Gasteiger partial charge in [-0.2, -0.15) is 0 Å². The number of rotatable bonds is 6. The average Bonchev–Trinajstić information content (AvgIpc) is 2.73. The quantitative estimate of drug-likeness (QED) is 0.525. The number of hydrogen-bond acceptors (Lipinski definition) is 4. The van der Waals surface area contributed by atoms with Crippen molar-refractivity contribution < 1.29 is 14.7 Å². The molecular formula is C22H19Cl2N3O3. The molecule has 154 valence electrons. The molecule has 3 N–H and O–H groups in total. The fourth-order valence-corrected chi connectivity index (χ4v) is 3.18. The minimum absolute atomic E-state index is 0.119. The van der Waals surface area contributed by atoms with Gasteiger partial charge >= 0.3 is 0 Å². The molecule has 0 radical (unpaired) electrons. The van der Waals surface area contributed by atoms with Crippen LogP contribution >= 0.6 is 23.2 Å². The first-order chi connectivity index (χ1) is 14.3. The van der Waals surface area contributed by atoms with E-state index < -0.39 is 12.0 Å². The monoisotopic (exact) mass is 443 g/mol. The van der Waals surface area contributed by atoms with E-state index in [0.717, 1.165) is 0 Å². The van der Waals surface area contributed by atoms with Crippen LogP contribution in [0.4, 0.5) is 5.69 Å². The molecule has 0 aliphatic carbocycles. The molecule has 0 saturated heterocycles. The topological polar surface area (TPSA) is 91.3 Å². The van der Waals surface area contributed by atoms with Crippen molar-refractivity contribution in [3.8, 4) is 11.3 Å². The van der Waals surface area contributed by atoms with Crippen molar-refractivity contribution in [3.63, 3.8) is 0 Å². The number of nitrogens with zero attached hydrogens (tertiary/aromatic N) is 1. The number of aliphatic hydroxyl groups excluding tert-OH is 1. The average molecular weight is 444 g/mol. The Hall–Kier alpha value is -2.93. The number of amides is 2. The zero-order valence-electron chi connectivity index (χ0n) is 16.0. The van der Waals surface area contributed by atoms with E-state index in [9.17, 15) is 14.7 Å². The number of carbonyl (C=O) groups is 2. The van der Waals surface area contributed by atoms with Crippen LogP contribution in [0.2, 0.25) is 10.0 Å². The summed E-state index contributed by atoms with van der Waals surface area (Å²) in [4.78, 5) is 29.0. The molecule has 3 rings (SSSR count). The molecule has 6 nitrogen and oxygen atoms in total. The number of anilines is 1. The number of nitrogens with one attached hydrogen (secondary N) is 2. The molecular weight excluding hydrogens is 425 g/mol. The van der Waals surface area contributed by atoms with Crippen molar-refractivity contribution in [2.45, 2.75) is 13.0 Å². The van der Waals surface area contributed by atoms with Gasteiger partial charge in [0.15, 0.2) is 0 Å². The van der Waals surface area contributed by atoms with Gasteiger partial charge in [-0.25, -0.2) is 0 Å². The van der Waals surface area contributed by atoms with Crippen LogP contribution < -0.4 is 10.6 Å². The Kier molecular flexibility index (Phi) is 7.05. The van der Waals surface area contributed by atoms with Gasteiger partial charge in [-0.1, -0.05) is 29.3 Å². The Morgan fingerprint density at radius 1 is 1.03 bits per heavy atom. The fraction of sp³-hybridized carbons (Fsp3) is 0.136. The molecule has 0 aliphatic rings.